The highest BCUT2D eigenvalue weighted by Gasteiger charge is 2.46. The quantitative estimate of drug-likeness (QED) is 0.900. The Morgan fingerprint density at radius 2 is 2.12 bits per heavy atom. The van der Waals surface area contributed by atoms with E-state index in [-0.39, 0.29) is 23.7 Å². The molecule has 25 heavy (non-hydrogen) atoms. The monoisotopic (exact) mass is 351 g/mol. The third-order valence-electron chi connectivity index (χ3n) is 5.31. The van der Waals surface area contributed by atoms with Crippen LogP contribution in [0.25, 0.3) is 0 Å². The van der Waals surface area contributed by atoms with Gasteiger partial charge in [0, 0.05) is 33.0 Å². The van der Waals surface area contributed by atoms with Crippen molar-refractivity contribution in [1.29, 1.82) is 0 Å². The average molecular weight is 351 g/mol. The Morgan fingerprint density at radius 1 is 1.36 bits per heavy atom. The standard InChI is InChI=1S/C19H26FNO4/c1-24-14-18(23)7-10-25-19(13-18)5-8-21(9-6-19)17(22)12-15-3-2-4-16(20)11-15/h2-4,11,23H,5-10,12-14H2,1H3. The first-order valence-electron chi connectivity index (χ1n) is 8.81. The van der Waals surface area contributed by atoms with Crippen molar-refractivity contribution in [3.05, 3.63) is 35.6 Å². The second-order valence-electron chi connectivity index (χ2n) is 7.30. The molecule has 1 amide bonds. The van der Waals surface area contributed by atoms with Crippen LogP contribution in [0.2, 0.25) is 0 Å². The summed E-state index contributed by atoms with van der Waals surface area (Å²) in [7, 11) is 1.59. The Kier molecular flexibility index (Phi) is 5.41. The summed E-state index contributed by atoms with van der Waals surface area (Å²) in [6.07, 6.45) is 2.73. The Balaban J connectivity index is 1.57. The molecule has 1 spiro atoms. The van der Waals surface area contributed by atoms with E-state index in [1.54, 1.807) is 19.2 Å². The summed E-state index contributed by atoms with van der Waals surface area (Å²) in [5, 5.41) is 10.7. The van der Waals surface area contributed by atoms with E-state index in [2.05, 4.69) is 0 Å². The molecule has 138 valence electrons. The normalized spacial score (nSPS) is 26.0. The number of carbonyl (C=O) groups excluding carboxylic acids is 1. The number of hydrogen-bond acceptors (Lipinski definition) is 4. The average Bonchev–Trinajstić information content (AvgIpc) is 2.55. The topological polar surface area (TPSA) is 59.0 Å². The van der Waals surface area contributed by atoms with Crippen molar-refractivity contribution in [1.82, 2.24) is 4.90 Å². The van der Waals surface area contributed by atoms with Gasteiger partial charge < -0.3 is 19.5 Å². The summed E-state index contributed by atoms with van der Waals surface area (Å²) in [5.74, 6) is -0.320. The van der Waals surface area contributed by atoms with Gasteiger partial charge in [0.05, 0.1) is 30.8 Å². The van der Waals surface area contributed by atoms with Crippen molar-refractivity contribution in [3.8, 4) is 0 Å². The van der Waals surface area contributed by atoms with Gasteiger partial charge in [-0.25, -0.2) is 4.39 Å². The minimum atomic E-state index is -0.846. The van der Waals surface area contributed by atoms with Crippen LogP contribution >= 0.6 is 0 Å². The van der Waals surface area contributed by atoms with Gasteiger partial charge in [-0.05, 0) is 30.5 Å². The number of nitrogens with zero attached hydrogens (tertiary/aromatic N) is 1. The van der Waals surface area contributed by atoms with Gasteiger partial charge in [0.25, 0.3) is 0 Å². The molecule has 3 rings (SSSR count). The Labute approximate surface area is 147 Å². The minimum Gasteiger partial charge on any atom is -0.387 e. The number of likely N-dealkylation sites (tertiary alicyclic amines) is 1. The lowest BCUT2D eigenvalue weighted by atomic mass is 9.77. The van der Waals surface area contributed by atoms with Gasteiger partial charge in [-0.3, -0.25) is 4.79 Å². The Morgan fingerprint density at radius 3 is 2.80 bits per heavy atom. The van der Waals surface area contributed by atoms with Gasteiger partial charge in [0.15, 0.2) is 0 Å². The Hall–Kier alpha value is -1.50. The number of rotatable bonds is 4. The molecule has 0 saturated carbocycles. The molecule has 1 N–H and O–H groups in total. The molecule has 2 saturated heterocycles. The third-order valence-corrected chi connectivity index (χ3v) is 5.31. The van der Waals surface area contributed by atoms with Gasteiger partial charge in [-0.2, -0.15) is 0 Å². The van der Waals surface area contributed by atoms with Crippen LogP contribution in [0.4, 0.5) is 4.39 Å². The molecule has 0 radical (unpaired) electrons. The smallest absolute Gasteiger partial charge is 0.226 e. The van der Waals surface area contributed by atoms with Crippen LogP contribution in [0, 0.1) is 5.82 Å². The van der Waals surface area contributed by atoms with E-state index in [0.717, 1.165) is 0 Å². The molecule has 0 aromatic heterocycles. The number of carbonyl (C=O) groups is 1. The molecule has 1 unspecified atom stereocenters. The lowest BCUT2D eigenvalue weighted by molar-refractivity contribution is -0.192. The van der Waals surface area contributed by atoms with Crippen LogP contribution in [-0.2, 0) is 20.7 Å². The van der Waals surface area contributed by atoms with Gasteiger partial charge in [0.1, 0.15) is 5.82 Å². The first-order chi connectivity index (χ1) is 11.9. The summed E-state index contributed by atoms with van der Waals surface area (Å²) in [4.78, 5) is 14.3. The van der Waals surface area contributed by atoms with Crippen molar-refractivity contribution in [2.24, 2.45) is 0 Å². The van der Waals surface area contributed by atoms with Gasteiger partial charge in [0.2, 0.25) is 5.91 Å². The van der Waals surface area contributed by atoms with Crippen molar-refractivity contribution in [2.45, 2.75) is 43.3 Å². The van der Waals surface area contributed by atoms with E-state index in [1.807, 2.05) is 4.90 Å². The Bertz CT molecular complexity index is 611. The fourth-order valence-electron chi connectivity index (χ4n) is 4.01. The molecule has 1 aromatic carbocycles. The number of ether oxygens (including phenoxy) is 2. The highest BCUT2D eigenvalue weighted by atomic mass is 19.1. The third kappa shape index (κ3) is 4.37. The summed E-state index contributed by atoms with van der Waals surface area (Å²) in [6.45, 7) is 2.01. The first-order valence-corrected chi connectivity index (χ1v) is 8.81. The molecule has 6 heteroatoms. The number of piperidine rings is 1. The van der Waals surface area contributed by atoms with Crippen molar-refractivity contribution in [3.63, 3.8) is 0 Å². The number of methoxy groups -OCH3 is 1. The maximum atomic E-state index is 13.3. The number of halogens is 1. The first kappa shape index (κ1) is 18.3. The molecular formula is C19H26FNO4. The molecule has 2 fully saturated rings. The molecule has 0 aliphatic carbocycles. The van der Waals surface area contributed by atoms with Crippen molar-refractivity contribution < 1.29 is 23.8 Å². The lowest BCUT2D eigenvalue weighted by Crippen LogP contribution is -2.56. The second-order valence-corrected chi connectivity index (χ2v) is 7.30. The van der Waals surface area contributed by atoms with Crippen LogP contribution in [0.5, 0.6) is 0 Å². The maximum Gasteiger partial charge on any atom is 0.226 e. The molecule has 2 aliphatic rings. The maximum absolute atomic E-state index is 13.3. The molecule has 0 bridgehead atoms. The van der Waals surface area contributed by atoms with E-state index in [1.165, 1.54) is 12.1 Å². The summed E-state index contributed by atoms with van der Waals surface area (Å²) in [6, 6.07) is 6.16. The van der Waals surface area contributed by atoms with Crippen LogP contribution in [0.1, 0.15) is 31.2 Å². The number of amides is 1. The number of hydrogen-bond donors (Lipinski definition) is 1. The largest absolute Gasteiger partial charge is 0.387 e. The van der Waals surface area contributed by atoms with Gasteiger partial charge in [-0.15, -0.1) is 0 Å². The van der Waals surface area contributed by atoms with E-state index in [9.17, 15) is 14.3 Å². The van der Waals surface area contributed by atoms with Crippen molar-refractivity contribution >= 4 is 5.91 Å². The van der Waals surface area contributed by atoms with E-state index in [4.69, 9.17) is 9.47 Å². The molecule has 1 atom stereocenters. The summed E-state index contributed by atoms with van der Waals surface area (Å²) in [5.41, 5.74) is -0.532. The molecule has 5 nitrogen and oxygen atoms in total. The predicted molar refractivity (Wildman–Crippen MR) is 90.7 cm³/mol. The highest BCUT2D eigenvalue weighted by Crippen LogP contribution is 2.39. The van der Waals surface area contributed by atoms with Gasteiger partial charge in [-0.1, -0.05) is 12.1 Å². The molecule has 2 heterocycles. The number of aliphatic hydroxyl groups is 1. The fraction of sp³-hybridized carbons (Fsp3) is 0.632. The number of benzene rings is 1. The van der Waals surface area contributed by atoms with Crippen LogP contribution in [0.3, 0.4) is 0 Å². The van der Waals surface area contributed by atoms with Crippen molar-refractivity contribution in [2.75, 3.05) is 33.4 Å². The molecular weight excluding hydrogens is 325 g/mol. The van der Waals surface area contributed by atoms with E-state index < -0.39 is 5.60 Å². The summed E-state index contributed by atoms with van der Waals surface area (Å²) < 4.78 is 24.4. The SMILES string of the molecule is COCC1(O)CCOC2(CCN(C(=O)Cc3cccc(F)c3)CC2)C1. The zero-order valence-electron chi connectivity index (χ0n) is 14.7. The lowest BCUT2D eigenvalue weighted by Gasteiger charge is -2.49. The van der Waals surface area contributed by atoms with Gasteiger partial charge >= 0.3 is 0 Å². The van der Waals surface area contributed by atoms with Crippen LogP contribution in [0.15, 0.2) is 24.3 Å². The zero-order valence-corrected chi connectivity index (χ0v) is 14.7. The molecule has 1 aromatic rings. The highest BCUT2D eigenvalue weighted by molar-refractivity contribution is 5.78. The van der Waals surface area contributed by atoms with Crippen LogP contribution < -0.4 is 0 Å². The zero-order chi connectivity index (χ0) is 17.9. The van der Waals surface area contributed by atoms with Crippen LogP contribution in [-0.4, -0.2) is 60.5 Å². The van der Waals surface area contributed by atoms with E-state index >= 15 is 0 Å². The predicted octanol–water partition coefficient (Wildman–Crippen LogP) is 1.92. The second kappa shape index (κ2) is 7.40. The fourth-order valence-corrected chi connectivity index (χ4v) is 4.01. The molecule has 2 aliphatic heterocycles. The summed E-state index contributed by atoms with van der Waals surface area (Å²) >= 11 is 0. The minimum absolute atomic E-state index is 0.00316. The van der Waals surface area contributed by atoms with E-state index in [0.29, 0.717) is 57.6 Å².